The van der Waals surface area contributed by atoms with Crippen LogP contribution in [0.2, 0.25) is 0 Å². The summed E-state index contributed by atoms with van der Waals surface area (Å²) in [4.78, 5) is 41.3. The van der Waals surface area contributed by atoms with Gasteiger partial charge in [0, 0.05) is 29.6 Å². The van der Waals surface area contributed by atoms with E-state index in [2.05, 4.69) is 5.32 Å². The Morgan fingerprint density at radius 3 is 2.43 bits per heavy atom. The van der Waals surface area contributed by atoms with Gasteiger partial charge >= 0.3 is 0 Å². The summed E-state index contributed by atoms with van der Waals surface area (Å²) in [5, 5.41) is 49.3. The van der Waals surface area contributed by atoms with Gasteiger partial charge < -0.3 is 36.2 Å². The fourth-order valence-corrected chi connectivity index (χ4v) is 8.14. The smallest absolute Gasteiger partial charge is 0.255 e. The van der Waals surface area contributed by atoms with Crippen LogP contribution in [-0.4, -0.2) is 81.7 Å². The molecule has 1 amide bonds. The molecule has 0 saturated heterocycles. The number of methoxy groups -OCH3 is 1. The summed E-state index contributed by atoms with van der Waals surface area (Å²) in [6.07, 6.45) is 6.21. The van der Waals surface area contributed by atoms with Crippen LogP contribution in [-0.2, 0) is 27.3 Å². The maximum atomic E-state index is 14.2. The summed E-state index contributed by atoms with van der Waals surface area (Å²) in [5.74, 6) is -6.21. The van der Waals surface area contributed by atoms with Gasteiger partial charge in [-0.1, -0.05) is 31.4 Å². The number of carbonyl (C=O) groups is 3. The van der Waals surface area contributed by atoms with Crippen molar-refractivity contribution in [1.29, 1.82) is 0 Å². The molecule has 11 heteroatoms. The second-order valence-corrected chi connectivity index (χ2v) is 13.2. The van der Waals surface area contributed by atoms with Crippen molar-refractivity contribution in [1.82, 2.24) is 10.2 Å². The molecule has 7 N–H and O–H groups in total. The molecule has 0 aromatic heterocycles. The van der Waals surface area contributed by atoms with Crippen molar-refractivity contribution in [3.05, 3.63) is 63.9 Å². The molecule has 0 bridgehead atoms. The summed E-state index contributed by atoms with van der Waals surface area (Å²) in [6.45, 7) is 0.666. The zero-order chi connectivity index (χ0) is 33.1. The minimum atomic E-state index is -2.68. The number of carbonyl (C=O) groups excluding carboxylic acids is 3. The maximum Gasteiger partial charge on any atom is 0.255 e. The topological polar surface area (TPSA) is 183 Å². The lowest BCUT2D eigenvalue weighted by Gasteiger charge is -2.50. The summed E-state index contributed by atoms with van der Waals surface area (Å²) in [5.41, 5.74) is 4.84. The number of nitrogens with one attached hydrogen (secondary N) is 1. The van der Waals surface area contributed by atoms with Crippen LogP contribution < -0.4 is 15.8 Å². The van der Waals surface area contributed by atoms with Crippen LogP contribution in [0.5, 0.6) is 11.5 Å². The van der Waals surface area contributed by atoms with Gasteiger partial charge in [0.15, 0.2) is 11.4 Å². The number of rotatable bonds is 7. The number of aromatic hydroxyl groups is 1. The molecule has 0 radical (unpaired) electrons. The Morgan fingerprint density at radius 1 is 1.07 bits per heavy atom. The molecule has 6 rings (SSSR count). The Morgan fingerprint density at radius 2 is 1.78 bits per heavy atom. The number of aliphatic hydroxyl groups is 3. The van der Waals surface area contributed by atoms with Crippen LogP contribution in [0, 0.1) is 11.8 Å². The van der Waals surface area contributed by atoms with Gasteiger partial charge in [-0.3, -0.25) is 19.3 Å². The monoisotopic (exact) mass is 631 g/mol. The Bertz CT molecular complexity index is 1690. The lowest BCUT2D eigenvalue weighted by Crippen LogP contribution is -2.65. The summed E-state index contributed by atoms with van der Waals surface area (Å²) in [6, 6.07) is 8.43. The standard InChI is InChI=1S/C35H41N3O8/c1-38(2)29-23-15-18-14-22-20(21-13-17(9-12-25(21)46-3)16-37-19-7-5-4-6-8-19)10-11-24(39)27(22)30(40)26(18)32(42)35(23,45)33(43)28(31(29)41)34(36)44/h9-13,18-19,23,29,37,39-40,43,45H,4-8,14-16H2,1-3H3,(H2,36,44)/t18-,23+,29?,35-/m0/s1. The number of aliphatic hydroxyl groups excluding tert-OH is 2. The molecule has 0 aliphatic heterocycles. The van der Waals surface area contributed by atoms with Gasteiger partial charge in [0.05, 0.1) is 18.7 Å². The van der Waals surface area contributed by atoms with Crippen LogP contribution >= 0.6 is 0 Å². The van der Waals surface area contributed by atoms with Gasteiger partial charge in [-0.25, -0.2) is 0 Å². The highest BCUT2D eigenvalue weighted by Gasteiger charge is 2.64. The van der Waals surface area contributed by atoms with Crippen LogP contribution in [0.15, 0.2) is 47.2 Å². The SMILES string of the molecule is COc1ccc(CNC2CCCCC2)cc1-c1ccc(O)c2c1C[C@H]1C[C@@H]3C(N(C)C)C(=O)C(C(N)=O)=C(O)[C@@]3(O)C(=O)C1=C2O. The number of phenols is 1. The molecule has 2 saturated carbocycles. The van der Waals surface area contributed by atoms with Gasteiger partial charge in [0.1, 0.15) is 28.6 Å². The van der Waals surface area contributed by atoms with Gasteiger partial charge in [0.25, 0.3) is 5.91 Å². The van der Waals surface area contributed by atoms with Crippen LogP contribution in [0.3, 0.4) is 0 Å². The largest absolute Gasteiger partial charge is 0.508 e. The summed E-state index contributed by atoms with van der Waals surface area (Å²) >= 11 is 0. The number of hydrogen-bond acceptors (Lipinski definition) is 10. The van der Waals surface area contributed by atoms with E-state index >= 15 is 0 Å². The predicted molar refractivity (Wildman–Crippen MR) is 170 cm³/mol. The number of benzene rings is 2. The first-order valence-electron chi connectivity index (χ1n) is 15.8. The number of phenolic OH excluding ortho intramolecular Hbond substituents is 1. The highest BCUT2D eigenvalue weighted by atomic mass is 16.5. The number of nitrogens with two attached hydrogens (primary N) is 1. The lowest BCUT2D eigenvalue weighted by molar-refractivity contribution is -0.153. The number of hydrogen-bond donors (Lipinski definition) is 6. The molecule has 2 aromatic rings. The minimum Gasteiger partial charge on any atom is -0.508 e. The molecule has 11 nitrogen and oxygen atoms in total. The molecule has 0 heterocycles. The molecule has 2 fully saturated rings. The van der Waals surface area contributed by atoms with Crippen molar-refractivity contribution in [3.8, 4) is 22.6 Å². The number of likely N-dealkylation sites (N-methyl/N-ethyl adjacent to an activating group) is 1. The van der Waals surface area contributed by atoms with E-state index in [-0.39, 0.29) is 29.7 Å². The number of primary amides is 1. The van der Waals surface area contributed by atoms with Crippen molar-refractivity contribution < 1.29 is 39.5 Å². The molecule has 4 aliphatic rings. The summed E-state index contributed by atoms with van der Waals surface area (Å²) < 4.78 is 5.74. The molecule has 46 heavy (non-hydrogen) atoms. The van der Waals surface area contributed by atoms with Gasteiger partial charge in [0.2, 0.25) is 5.78 Å². The van der Waals surface area contributed by atoms with Crippen molar-refractivity contribution in [2.24, 2.45) is 17.6 Å². The Kier molecular flexibility index (Phi) is 8.20. The number of amides is 1. The van der Waals surface area contributed by atoms with E-state index in [0.717, 1.165) is 24.0 Å². The molecule has 0 spiro atoms. The van der Waals surface area contributed by atoms with Crippen molar-refractivity contribution >= 4 is 23.2 Å². The van der Waals surface area contributed by atoms with Crippen LogP contribution in [0.1, 0.15) is 55.2 Å². The average molecular weight is 632 g/mol. The van der Waals surface area contributed by atoms with Gasteiger partial charge in [-0.05, 0) is 80.6 Å². The fraction of sp³-hybridized carbons (Fsp3) is 0.457. The predicted octanol–water partition coefficient (Wildman–Crippen LogP) is 3.06. The molecule has 1 unspecified atom stereocenters. The maximum absolute atomic E-state index is 14.2. The molecule has 4 aliphatic carbocycles. The highest BCUT2D eigenvalue weighted by molar-refractivity contribution is 6.24. The molecular formula is C35H41N3O8. The first-order valence-corrected chi connectivity index (χ1v) is 15.8. The number of nitrogens with zero attached hydrogens (tertiary/aromatic N) is 1. The third kappa shape index (κ3) is 4.88. The van der Waals surface area contributed by atoms with E-state index in [0.29, 0.717) is 29.5 Å². The first-order chi connectivity index (χ1) is 21.9. The third-order valence-corrected chi connectivity index (χ3v) is 10.4. The lowest BCUT2D eigenvalue weighted by atomic mass is 9.57. The fourth-order valence-electron chi connectivity index (χ4n) is 8.14. The molecule has 2 aromatic carbocycles. The van der Waals surface area contributed by atoms with Crippen molar-refractivity contribution in [2.45, 2.75) is 69.2 Å². The zero-order valence-electron chi connectivity index (χ0n) is 26.3. The Balaban J connectivity index is 1.46. The van der Waals surface area contributed by atoms with Gasteiger partial charge in [-0.2, -0.15) is 0 Å². The number of fused-ring (bicyclic) bond motifs is 3. The van der Waals surface area contributed by atoms with Gasteiger partial charge in [-0.15, -0.1) is 0 Å². The van der Waals surface area contributed by atoms with E-state index in [1.54, 1.807) is 27.3 Å². The molecule has 4 atom stereocenters. The highest BCUT2D eigenvalue weighted by Crippen LogP contribution is 2.54. The second kappa shape index (κ2) is 11.9. The average Bonchev–Trinajstić information content (AvgIpc) is 3.02. The number of ketones is 2. The van der Waals surface area contributed by atoms with Crippen molar-refractivity contribution in [2.75, 3.05) is 21.2 Å². The quantitative estimate of drug-likeness (QED) is 0.249. The van der Waals surface area contributed by atoms with Crippen molar-refractivity contribution in [3.63, 3.8) is 0 Å². The van der Waals surface area contributed by atoms with Crippen LogP contribution in [0.4, 0.5) is 0 Å². The number of Topliss-reactive ketones (excluding diaryl/α,β-unsaturated/α-hetero) is 2. The van der Waals surface area contributed by atoms with E-state index in [1.165, 1.54) is 30.2 Å². The molecular weight excluding hydrogens is 590 g/mol. The van der Waals surface area contributed by atoms with E-state index < -0.39 is 58.0 Å². The molecule has 244 valence electrons. The Labute approximate surface area is 267 Å². The van der Waals surface area contributed by atoms with E-state index in [9.17, 15) is 34.8 Å². The third-order valence-electron chi connectivity index (χ3n) is 10.4. The summed E-state index contributed by atoms with van der Waals surface area (Å²) in [7, 11) is 4.72. The van der Waals surface area contributed by atoms with E-state index in [4.69, 9.17) is 10.5 Å². The second-order valence-electron chi connectivity index (χ2n) is 13.2. The zero-order valence-corrected chi connectivity index (χ0v) is 26.3. The normalized spacial score (nSPS) is 26.6. The van der Waals surface area contributed by atoms with Crippen LogP contribution in [0.25, 0.3) is 16.9 Å². The first kappa shape index (κ1) is 31.8. The van der Waals surface area contributed by atoms with E-state index in [1.807, 2.05) is 18.2 Å². The number of ether oxygens (including phenoxy) is 1. The Hall–Kier alpha value is -4.19. The minimum absolute atomic E-state index is 0.0172.